The van der Waals surface area contributed by atoms with Gasteiger partial charge in [0.15, 0.2) is 28.5 Å². The lowest BCUT2D eigenvalue weighted by molar-refractivity contribution is 1.15. The van der Waals surface area contributed by atoms with Gasteiger partial charge in [-0.15, -0.1) is 0 Å². The van der Waals surface area contributed by atoms with Crippen LogP contribution in [0.15, 0.2) is 0 Å². The third-order valence-electron chi connectivity index (χ3n) is 3.85. The second kappa shape index (κ2) is 6.54. The van der Waals surface area contributed by atoms with Crippen molar-refractivity contribution in [3.05, 3.63) is 32.2 Å². The molecule has 4 rings (SSSR count). The molecule has 11 nitrogen and oxygen atoms in total. The van der Waals surface area contributed by atoms with Crippen molar-refractivity contribution in [2.75, 3.05) is 0 Å². The summed E-state index contributed by atoms with van der Waals surface area (Å²) in [6.45, 7) is 0. The zero-order valence-corrected chi connectivity index (χ0v) is 16.0. The zero-order chi connectivity index (χ0) is 20.7. The van der Waals surface area contributed by atoms with Crippen molar-refractivity contribution in [3.63, 3.8) is 0 Å². The first kappa shape index (κ1) is 17.8. The quantitative estimate of drug-likeness (QED) is 0.258. The first-order valence-corrected chi connectivity index (χ1v) is 8.57. The van der Waals surface area contributed by atoms with Gasteiger partial charge < -0.3 is 0 Å². The van der Waals surface area contributed by atoms with E-state index >= 15 is 0 Å². The fourth-order valence-corrected chi connectivity index (χ4v) is 3.14. The number of fused-ring (bicyclic) bond motifs is 6. The molecule has 130 valence electrons. The number of halogens is 1. The molecule has 0 N–H and O–H groups in total. The van der Waals surface area contributed by atoms with E-state index in [9.17, 15) is 26.3 Å². The maximum Gasteiger partial charge on any atom is 0.177 e. The van der Waals surface area contributed by atoms with Crippen LogP contribution in [-0.4, -0.2) is 29.9 Å². The smallest absolute Gasteiger partial charge is 0.177 e. The average Bonchev–Trinajstić information content (AvgIpc) is 2.76. The van der Waals surface area contributed by atoms with Gasteiger partial charge in [-0.2, -0.15) is 26.3 Å². The molecule has 4 aromatic rings. The van der Waals surface area contributed by atoms with Crippen molar-refractivity contribution in [3.8, 4) is 30.3 Å². The van der Waals surface area contributed by atoms with E-state index in [1.54, 1.807) is 24.3 Å². The molecule has 3 aromatic heterocycles. The summed E-state index contributed by atoms with van der Waals surface area (Å²) in [6, 6.07) is 9.08. The number of hydrogen-bond acceptors (Lipinski definition) is 11. The van der Waals surface area contributed by atoms with Gasteiger partial charge >= 0.3 is 0 Å². The molecule has 0 saturated heterocycles. The van der Waals surface area contributed by atoms with Crippen molar-refractivity contribution in [2.45, 2.75) is 0 Å². The minimum atomic E-state index is -0.246. The van der Waals surface area contributed by atoms with E-state index in [-0.39, 0.29) is 65.3 Å². The van der Waals surface area contributed by atoms with Gasteiger partial charge in [0.05, 0.1) is 0 Å². The number of benzene rings is 1. The molecule has 0 radical (unpaired) electrons. The van der Waals surface area contributed by atoms with Gasteiger partial charge in [-0.1, -0.05) is 0 Å². The van der Waals surface area contributed by atoms with Crippen LogP contribution in [0.4, 0.5) is 0 Å². The Labute approximate surface area is 174 Å². The predicted molar refractivity (Wildman–Crippen MR) is 102 cm³/mol. The lowest BCUT2D eigenvalue weighted by atomic mass is 10.1. The highest BCUT2D eigenvalue weighted by Gasteiger charge is 2.22. The maximum absolute atomic E-state index is 9.30. The summed E-state index contributed by atoms with van der Waals surface area (Å²) in [7, 11) is 0. The second-order valence-corrected chi connectivity index (χ2v) is 6.38. The normalized spacial score (nSPS) is 10.1. The highest BCUT2D eigenvalue weighted by Crippen LogP contribution is 2.31. The monoisotopic (exact) mass is 485 g/mol. The Morgan fingerprint density at radius 2 is 0.655 bits per heavy atom. The van der Waals surface area contributed by atoms with E-state index in [1.165, 1.54) is 0 Å². The lowest BCUT2D eigenvalue weighted by Crippen LogP contribution is -2.05. The van der Waals surface area contributed by atoms with E-state index < -0.39 is 0 Å². The summed E-state index contributed by atoms with van der Waals surface area (Å²) >= 11 is 1.83. The number of aromatic nitrogens is 6. The first-order valence-electron chi connectivity index (χ1n) is 7.49. The largest absolute Gasteiger partial charge is 0.235 e. The summed E-state index contributed by atoms with van der Waals surface area (Å²) < 4.78 is 0.282. The summed E-state index contributed by atoms with van der Waals surface area (Å²) in [5, 5.41) is 46.5. The van der Waals surface area contributed by atoms with Crippen LogP contribution < -0.4 is 0 Å². The Morgan fingerprint density at radius 3 is 0.931 bits per heavy atom. The molecule has 0 saturated carbocycles. The minimum Gasteiger partial charge on any atom is -0.235 e. The highest BCUT2D eigenvalue weighted by atomic mass is 127. The van der Waals surface area contributed by atoms with Gasteiger partial charge in [0.1, 0.15) is 67.1 Å². The SMILES string of the molecule is N#Cc1nc2c(nc1I)c1nc(C#N)c(C#N)nc1c1nc(C#N)c(C#N)nc21. The van der Waals surface area contributed by atoms with Gasteiger partial charge in [0, 0.05) is 0 Å². The molecule has 0 unspecified atom stereocenters. The summed E-state index contributed by atoms with van der Waals surface area (Å²) in [5.41, 5.74) is -0.315. The van der Waals surface area contributed by atoms with Crippen LogP contribution in [0, 0.1) is 60.4 Å². The van der Waals surface area contributed by atoms with Crippen LogP contribution in [0.25, 0.3) is 33.1 Å². The zero-order valence-electron chi connectivity index (χ0n) is 13.8. The third kappa shape index (κ3) is 2.51. The molecule has 12 heteroatoms. The molecule has 0 aliphatic carbocycles. The van der Waals surface area contributed by atoms with Gasteiger partial charge in [0.2, 0.25) is 0 Å². The molecule has 0 aliphatic rings. The molecule has 29 heavy (non-hydrogen) atoms. The van der Waals surface area contributed by atoms with Crippen LogP contribution in [-0.2, 0) is 0 Å². The van der Waals surface area contributed by atoms with E-state index in [0.717, 1.165) is 0 Å². The van der Waals surface area contributed by atoms with Crippen LogP contribution in [0.5, 0.6) is 0 Å². The van der Waals surface area contributed by atoms with Crippen LogP contribution in [0.1, 0.15) is 28.5 Å². The van der Waals surface area contributed by atoms with E-state index in [1.807, 2.05) is 28.7 Å². The van der Waals surface area contributed by atoms with Gasteiger partial charge in [-0.05, 0) is 22.6 Å². The number of nitriles is 5. The van der Waals surface area contributed by atoms with Crippen molar-refractivity contribution >= 4 is 55.7 Å². The maximum atomic E-state index is 9.30. The molecule has 0 aliphatic heterocycles. The fraction of sp³-hybridized carbons (Fsp3) is 0. The molecule has 3 heterocycles. The standard InChI is InChI=1S/C17IN11/c18-17-10(5-23)28-15-13-11(24-6(1-19)7(2-20)26-13)12-14(16(15)29-17)27-9(4-22)8(3-21)25-12. The summed E-state index contributed by atoms with van der Waals surface area (Å²) in [4.78, 5) is 25.3. The minimum absolute atomic E-state index is 0.0190. The fourth-order valence-electron chi connectivity index (χ4n) is 2.66. The summed E-state index contributed by atoms with van der Waals surface area (Å²) in [6.07, 6.45) is 0. The van der Waals surface area contributed by atoms with Gasteiger partial charge in [-0.3, -0.25) is 0 Å². The molecule has 1 aromatic carbocycles. The Hall–Kier alpha value is -4.58. The molecular weight excluding hydrogens is 485 g/mol. The highest BCUT2D eigenvalue weighted by molar-refractivity contribution is 14.1. The Bertz CT molecular complexity index is 1570. The van der Waals surface area contributed by atoms with Crippen LogP contribution in [0.3, 0.4) is 0 Å². The Kier molecular flexibility index (Phi) is 4.02. The summed E-state index contributed by atoms with van der Waals surface area (Å²) in [5.74, 6) is 0. The predicted octanol–water partition coefficient (Wildman–Crippen LogP) is 1.48. The van der Waals surface area contributed by atoms with Gasteiger partial charge in [-0.25, -0.2) is 29.9 Å². The van der Waals surface area contributed by atoms with Crippen LogP contribution in [0.2, 0.25) is 0 Å². The van der Waals surface area contributed by atoms with Crippen molar-refractivity contribution in [2.24, 2.45) is 0 Å². The molecule has 0 spiro atoms. The van der Waals surface area contributed by atoms with E-state index in [2.05, 4.69) is 29.9 Å². The number of rotatable bonds is 0. The second-order valence-electron chi connectivity index (χ2n) is 5.36. The number of nitrogens with zero attached hydrogens (tertiary/aromatic N) is 11. The van der Waals surface area contributed by atoms with Gasteiger partial charge in [0.25, 0.3) is 0 Å². The topological polar surface area (TPSA) is 196 Å². The van der Waals surface area contributed by atoms with Crippen molar-refractivity contribution in [1.82, 2.24) is 29.9 Å². The first-order chi connectivity index (χ1) is 14.1. The van der Waals surface area contributed by atoms with E-state index in [4.69, 9.17) is 0 Å². The number of hydrogen-bond donors (Lipinski definition) is 0. The third-order valence-corrected chi connectivity index (χ3v) is 4.60. The van der Waals surface area contributed by atoms with Crippen molar-refractivity contribution < 1.29 is 0 Å². The lowest BCUT2D eigenvalue weighted by Gasteiger charge is -2.09. The van der Waals surface area contributed by atoms with Crippen LogP contribution >= 0.6 is 22.6 Å². The molecule has 0 bridgehead atoms. The van der Waals surface area contributed by atoms with Crippen molar-refractivity contribution in [1.29, 1.82) is 26.3 Å². The molecule has 0 amide bonds. The molecule has 0 fully saturated rings. The molecular formula is C17IN11. The Morgan fingerprint density at radius 1 is 0.414 bits per heavy atom. The average molecular weight is 485 g/mol. The molecule has 0 atom stereocenters. The Balaban J connectivity index is 2.41. The van der Waals surface area contributed by atoms with E-state index in [0.29, 0.717) is 0 Å².